The molecule has 0 aliphatic heterocycles. The molecule has 0 radical (unpaired) electrons. The van der Waals surface area contributed by atoms with E-state index in [1.165, 1.54) is 11.3 Å². The number of rotatable bonds is 3. The highest BCUT2D eigenvalue weighted by molar-refractivity contribution is 7.13. The van der Waals surface area contributed by atoms with Gasteiger partial charge in [-0.1, -0.05) is 11.2 Å². The summed E-state index contributed by atoms with van der Waals surface area (Å²) in [4.78, 5) is 12.2. The van der Waals surface area contributed by atoms with Gasteiger partial charge in [-0.05, 0) is 18.4 Å². The molecule has 0 aliphatic rings. The van der Waals surface area contributed by atoms with Gasteiger partial charge in [0, 0.05) is 6.07 Å². The first kappa shape index (κ1) is 9.92. The second-order valence-corrected chi connectivity index (χ2v) is 3.72. The lowest BCUT2D eigenvalue weighted by Crippen LogP contribution is -2.04. The van der Waals surface area contributed by atoms with E-state index >= 15 is 0 Å². The SMILES string of the molecule is CCOC(=O)c1cc(-c2cccs2)on1. The number of ether oxygens (including phenoxy) is 1. The largest absolute Gasteiger partial charge is 0.461 e. The summed E-state index contributed by atoms with van der Waals surface area (Å²) in [6, 6.07) is 5.40. The van der Waals surface area contributed by atoms with Gasteiger partial charge in [0.05, 0.1) is 11.5 Å². The first-order valence-electron chi connectivity index (χ1n) is 4.49. The summed E-state index contributed by atoms with van der Waals surface area (Å²) in [6.45, 7) is 2.08. The molecule has 2 rings (SSSR count). The molecule has 2 aromatic rings. The monoisotopic (exact) mass is 223 g/mol. The van der Waals surface area contributed by atoms with Gasteiger partial charge in [0.15, 0.2) is 11.5 Å². The molecule has 0 saturated carbocycles. The van der Waals surface area contributed by atoms with Gasteiger partial charge < -0.3 is 9.26 Å². The Bertz CT molecular complexity index is 447. The van der Waals surface area contributed by atoms with Gasteiger partial charge in [-0.25, -0.2) is 4.79 Å². The number of esters is 1. The molecule has 15 heavy (non-hydrogen) atoms. The van der Waals surface area contributed by atoms with E-state index in [1.54, 1.807) is 13.0 Å². The van der Waals surface area contributed by atoms with Crippen molar-refractivity contribution in [3.05, 3.63) is 29.3 Å². The lowest BCUT2D eigenvalue weighted by atomic mass is 10.3. The number of thiophene rings is 1. The molecule has 0 spiro atoms. The number of carbonyl (C=O) groups is 1. The number of aromatic nitrogens is 1. The van der Waals surface area contributed by atoms with Gasteiger partial charge in [0.25, 0.3) is 0 Å². The maximum Gasteiger partial charge on any atom is 0.360 e. The Morgan fingerprint density at radius 2 is 2.53 bits per heavy atom. The van der Waals surface area contributed by atoms with Crippen LogP contribution in [0.2, 0.25) is 0 Å². The molecule has 0 fully saturated rings. The van der Waals surface area contributed by atoms with Crippen LogP contribution in [0.4, 0.5) is 0 Å². The lowest BCUT2D eigenvalue weighted by molar-refractivity contribution is 0.0514. The molecule has 0 aliphatic carbocycles. The molecule has 0 saturated heterocycles. The summed E-state index contributed by atoms with van der Waals surface area (Å²) in [6.07, 6.45) is 0. The first-order chi connectivity index (χ1) is 7.31. The Morgan fingerprint density at radius 1 is 1.67 bits per heavy atom. The fourth-order valence-corrected chi connectivity index (χ4v) is 1.78. The zero-order chi connectivity index (χ0) is 10.7. The van der Waals surface area contributed by atoms with Crippen LogP contribution in [0.15, 0.2) is 28.1 Å². The molecule has 78 valence electrons. The van der Waals surface area contributed by atoms with Crippen molar-refractivity contribution in [2.75, 3.05) is 6.61 Å². The van der Waals surface area contributed by atoms with Gasteiger partial charge in [-0.15, -0.1) is 11.3 Å². The van der Waals surface area contributed by atoms with Crippen LogP contribution in [0.5, 0.6) is 0 Å². The normalized spacial score (nSPS) is 10.2. The van der Waals surface area contributed by atoms with Crippen LogP contribution in [0, 0.1) is 0 Å². The van der Waals surface area contributed by atoms with Gasteiger partial charge in [0.1, 0.15) is 0 Å². The molecule has 0 bridgehead atoms. The van der Waals surface area contributed by atoms with E-state index in [4.69, 9.17) is 9.26 Å². The Balaban J connectivity index is 2.21. The van der Waals surface area contributed by atoms with Crippen molar-refractivity contribution in [2.45, 2.75) is 6.92 Å². The number of carbonyl (C=O) groups excluding carboxylic acids is 1. The predicted octanol–water partition coefficient (Wildman–Crippen LogP) is 2.58. The highest BCUT2D eigenvalue weighted by atomic mass is 32.1. The third-order valence-electron chi connectivity index (χ3n) is 1.76. The van der Waals surface area contributed by atoms with Crippen molar-refractivity contribution in [1.29, 1.82) is 0 Å². The number of hydrogen-bond donors (Lipinski definition) is 0. The van der Waals surface area contributed by atoms with E-state index in [0.717, 1.165) is 4.88 Å². The van der Waals surface area contributed by atoms with E-state index < -0.39 is 5.97 Å². The van der Waals surface area contributed by atoms with Crippen LogP contribution in [-0.4, -0.2) is 17.7 Å². The summed E-state index contributed by atoms with van der Waals surface area (Å²) in [7, 11) is 0. The molecule has 2 aromatic heterocycles. The summed E-state index contributed by atoms with van der Waals surface area (Å²) in [5, 5.41) is 5.58. The summed E-state index contributed by atoms with van der Waals surface area (Å²) in [5.41, 5.74) is 0.209. The second-order valence-electron chi connectivity index (χ2n) is 2.77. The quantitative estimate of drug-likeness (QED) is 0.750. The molecule has 0 amide bonds. The Labute approximate surface area is 90.5 Å². The first-order valence-corrected chi connectivity index (χ1v) is 5.37. The van der Waals surface area contributed by atoms with Crippen molar-refractivity contribution < 1.29 is 14.1 Å². The van der Waals surface area contributed by atoms with Gasteiger partial charge in [-0.3, -0.25) is 0 Å². The smallest absolute Gasteiger partial charge is 0.360 e. The zero-order valence-electron chi connectivity index (χ0n) is 8.10. The molecular weight excluding hydrogens is 214 g/mol. The summed E-state index contributed by atoms with van der Waals surface area (Å²) < 4.78 is 9.84. The average molecular weight is 223 g/mol. The van der Waals surface area contributed by atoms with E-state index in [2.05, 4.69) is 5.16 Å². The van der Waals surface area contributed by atoms with Gasteiger partial charge in [-0.2, -0.15) is 0 Å². The lowest BCUT2D eigenvalue weighted by Gasteiger charge is -1.94. The van der Waals surface area contributed by atoms with Crippen molar-refractivity contribution in [1.82, 2.24) is 5.16 Å². The molecule has 4 nitrogen and oxygen atoms in total. The zero-order valence-corrected chi connectivity index (χ0v) is 8.91. The fraction of sp³-hybridized carbons (Fsp3) is 0.200. The molecule has 0 unspecified atom stereocenters. The maximum absolute atomic E-state index is 11.3. The van der Waals surface area contributed by atoms with Crippen LogP contribution in [0.1, 0.15) is 17.4 Å². The molecule has 0 atom stereocenters. The standard InChI is InChI=1S/C10H9NO3S/c1-2-13-10(12)7-6-8(14-11-7)9-4-3-5-15-9/h3-6H,2H2,1H3. The second kappa shape index (κ2) is 4.27. The van der Waals surface area contributed by atoms with Crippen LogP contribution >= 0.6 is 11.3 Å². The Morgan fingerprint density at radius 3 is 3.20 bits per heavy atom. The third kappa shape index (κ3) is 2.07. The molecule has 2 heterocycles. The summed E-state index contributed by atoms with van der Waals surface area (Å²) >= 11 is 1.53. The molecule has 0 N–H and O–H groups in total. The minimum absolute atomic E-state index is 0.209. The molecule has 5 heteroatoms. The minimum atomic E-state index is -0.455. The Hall–Kier alpha value is -1.62. The van der Waals surface area contributed by atoms with Gasteiger partial charge in [0.2, 0.25) is 0 Å². The van der Waals surface area contributed by atoms with Crippen molar-refractivity contribution in [3.63, 3.8) is 0 Å². The van der Waals surface area contributed by atoms with E-state index in [0.29, 0.717) is 12.4 Å². The van der Waals surface area contributed by atoms with Gasteiger partial charge >= 0.3 is 5.97 Å². The van der Waals surface area contributed by atoms with Crippen LogP contribution in [0.3, 0.4) is 0 Å². The van der Waals surface area contributed by atoms with Crippen LogP contribution in [0.25, 0.3) is 10.6 Å². The summed E-state index contributed by atoms with van der Waals surface area (Å²) in [5.74, 6) is 0.136. The Kier molecular flexibility index (Phi) is 2.82. The van der Waals surface area contributed by atoms with E-state index in [1.807, 2.05) is 17.5 Å². The van der Waals surface area contributed by atoms with Crippen molar-refractivity contribution in [3.8, 4) is 10.6 Å². The van der Waals surface area contributed by atoms with Crippen molar-refractivity contribution in [2.24, 2.45) is 0 Å². The third-order valence-corrected chi connectivity index (χ3v) is 2.64. The minimum Gasteiger partial charge on any atom is -0.461 e. The highest BCUT2D eigenvalue weighted by Crippen LogP contribution is 2.25. The highest BCUT2D eigenvalue weighted by Gasteiger charge is 2.14. The number of nitrogens with zero attached hydrogens (tertiary/aromatic N) is 1. The van der Waals surface area contributed by atoms with Crippen LogP contribution < -0.4 is 0 Å². The molecule has 0 aromatic carbocycles. The fourth-order valence-electron chi connectivity index (χ4n) is 1.11. The van der Waals surface area contributed by atoms with E-state index in [-0.39, 0.29) is 5.69 Å². The van der Waals surface area contributed by atoms with Crippen LogP contribution in [-0.2, 0) is 4.74 Å². The number of hydrogen-bond acceptors (Lipinski definition) is 5. The predicted molar refractivity (Wildman–Crippen MR) is 55.8 cm³/mol. The maximum atomic E-state index is 11.3. The van der Waals surface area contributed by atoms with E-state index in [9.17, 15) is 4.79 Å². The molecular formula is C10H9NO3S. The average Bonchev–Trinajstić information content (AvgIpc) is 2.89. The van der Waals surface area contributed by atoms with Crippen molar-refractivity contribution >= 4 is 17.3 Å². The topological polar surface area (TPSA) is 52.3 Å².